The molecule has 4 rings (SSSR count). The van der Waals surface area contributed by atoms with Crippen molar-refractivity contribution in [3.8, 4) is 0 Å². The molecule has 5 heteroatoms. The van der Waals surface area contributed by atoms with Crippen molar-refractivity contribution in [2.24, 2.45) is 11.7 Å². The summed E-state index contributed by atoms with van der Waals surface area (Å²) in [6.07, 6.45) is 5.96. The predicted octanol–water partition coefficient (Wildman–Crippen LogP) is 4.03. The van der Waals surface area contributed by atoms with Crippen molar-refractivity contribution in [2.45, 2.75) is 70.1 Å². The van der Waals surface area contributed by atoms with Crippen molar-refractivity contribution >= 4 is 6.09 Å². The Bertz CT molecular complexity index is 694. The number of benzene rings is 1. The molecule has 0 radical (unpaired) electrons. The molecule has 2 N–H and O–H groups in total. The number of hydrogen-bond donors (Lipinski definition) is 1. The van der Waals surface area contributed by atoms with Gasteiger partial charge in [-0.3, -0.25) is 4.90 Å². The number of ether oxygens (including phenoxy) is 1. The Kier molecular flexibility index (Phi) is 5.17. The molecule has 2 aliphatic carbocycles. The molecule has 28 heavy (non-hydrogen) atoms. The Morgan fingerprint density at radius 2 is 1.75 bits per heavy atom. The Morgan fingerprint density at radius 1 is 1.14 bits per heavy atom. The van der Waals surface area contributed by atoms with Gasteiger partial charge in [0.25, 0.3) is 0 Å². The van der Waals surface area contributed by atoms with Crippen LogP contribution in [0.15, 0.2) is 24.3 Å². The van der Waals surface area contributed by atoms with Crippen molar-refractivity contribution < 1.29 is 9.53 Å². The highest BCUT2D eigenvalue weighted by Gasteiger charge is 2.40. The van der Waals surface area contributed by atoms with Crippen molar-refractivity contribution in [3.05, 3.63) is 35.4 Å². The third-order valence-corrected chi connectivity index (χ3v) is 6.32. The minimum atomic E-state index is -0.438. The third kappa shape index (κ3) is 4.69. The SMILES string of the molecule is CC(C)(C)OC(=O)N1CCN(C(CC2CC2)c2ccc(C3(N)CC3)cc2)CC1. The highest BCUT2D eigenvalue weighted by Crippen LogP contribution is 2.44. The Morgan fingerprint density at radius 3 is 2.25 bits per heavy atom. The van der Waals surface area contributed by atoms with E-state index < -0.39 is 5.60 Å². The van der Waals surface area contributed by atoms with Gasteiger partial charge in [0.15, 0.2) is 0 Å². The standard InChI is InChI=1S/C23H35N3O2/c1-22(2,3)28-21(27)26-14-12-25(13-15-26)20(16-17-4-5-17)18-6-8-19(9-7-18)23(24)10-11-23/h6-9,17,20H,4-5,10-16,24H2,1-3H3. The summed E-state index contributed by atoms with van der Waals surface area (Å²) in [5.41, 5.74) is 8.52. The molecule has 1 amide bonds. The highest BCUT2D eigenvalue weighted by molar-refractivity contribution is 5.68. The van der Waals surface area contributed by atoms with E-state index in [2.05, 4.69) is 29.2 Å². The molecule has 3 aliphatic rings. The van der Waals surface area contributed by atoms with Gasteiger partial charge in [-0.1, -0.05) is 37.1 Å². The largest absolute Gasteiger partial charge is 0.444 e. The van der Waals surface area contributed by atoms with Crippen molar-refractivity contribution in [2.75, 3.05) is 26.2 Å². The molecule has 0 bridgehead atoms. The minimum absolute atomic E-state index is 0.0659. The normalized spacial score (nSPS) is 23.4. The first-order valence-corrected chi connectivity index (χ1v) is 10.8. The van der Waals surface area contributed by atoms with Crippen LogP contribution in [0.5, 0.6) is 0 Å². The van der Waals surface area contributed by atoms with Gasteiger partial charge in [0.05, 0.1) is 0 Å². The van der Waals surface area contributed by atoms with Crippen LogP contribution in [-0.4, -0.2) is 47.7 Å². The zero-order valence-electron chi connectivity index (χ0n) is 17.6. The minimum Gasteiger partial charge on any atom is -0.444 e. The average Bonchev–Trinajstić information content (AvgIpc) is 3.57. The van der Waals surface area contributed by atoms with Gasteiger partial charge in [0.1, 0.15) is 5.60 Å². The lowest BCUT2D eigenvalue weighted by molar-refractivity contribution is 0.00942. The maximum atomic E-state index is 12.4. The molecule has 154 valence electrons. The molecule has 2 saturated carbocycles. The molecule has 1 aliphatic heterocycles. The third-order valence-electron chi connectivity index (χ3n) is 6.32. The molecule has 1 atom stereocenters. The Hall–Kier alpha value is -1.59. The monoisotopic (exact) mass is 385 g/mol. The zero-order chi connectivity index (χ0) is 19.9. The molecule has 1 saturated heterocycles. The molecule has 3 fully saturated rings. The summed E-state index contributed by atoms with van der Waals surface area (Å²) in [5, 5.41) is 0. The van der Waals surface area contributed by atoms with Crippen LogP contribution in [0.1, 0.15) is 70.0 Å². The first kappa shape index (κ1) is 19.7. The van der Waals surface area contributed by atoms with Crippen LogP contribution < -0.4 is 5.73 Å². The molecule has 1 aromatic carbocycles. The van der Waals surface area contributed by atoms with Crippen molar-refractivity contribution in [1.82, 2.24) is 9.80 Å². The fourth-order valence-corrected chi connectivity index (χ4v) is 4.17. The number of amides is 1. The topological polar surface area (TPSA) is 58.8 Å². The Balaban J connectivity index is 1.40. The van der Waals surface area contributed by atoms with Crippen molar-refractivity contribution in [1.29, 1.82) is 0 Å². The summed E-state index contributed by atoms with van der Waals surface area (Å²) < 4.78 is 5.54. The maximum absolute atomic E-state index is 12.4. The molecule has 1 unspecified atom stereocenters. The molecule has 1 aromatic rings. The van der Waals surface area contributed by atoms with E-state index in [-0.39, 0.29) is 11.6 Å². The van der Waals surface area contributed by atoms with Gasteiger partial charge in [-0.05, 0) is 57.1 Å². The predicted molar refractivity (Wildman–Crippen MR) is 111 cm³/mol. The van der Waals surface area contributed by atoms with Gasteiger partial charge in [0.2, 0.25) is 0 Å². The van der Waals surface area contributed by atoms with Gasteiger partial charge in [-0.15, -0.1) is 0 Å². The van der Waals surface area contributed by atoms with E-state index in [0.717, 1.165) is 44.9 Å². The summed E-state index contributed by atoms with van der Waals surface area (Å²) in [5.74, 6) is 0.859. The van der Waals surface area contributed by atoms with Gasteiger partial charge in [0, 0.05) is 37.8 Å². The summed E-state index contributed by atoms with van der Waals surface area (Å²) in [6, 6.07) is 9.49. The summed E-state index contributed by atoms with van der Waals surface area (Å²) in [7, 11) is 0. The molecular weight excluding hydrogens is 350 g/mol. The lowest BCUT2D eigenvalue weighted by Crippen LogP contribution is -2.50. The van der Waals surface area contributed by atoms with Crippen LogP contribution in [0.3, 0.4) is 0 Å². The molecule has 5 nitrogen and oxygen atoms in total. The molecular formula is C23H35N3O2. The quantitative estimate of drug-likeness (QED) is 0.831. The van der Waals surface area contributed by atoms with E-state index in [1.165, 1.54) is 30.4 Å². The van der Waals surface area contributed by atoms with E-state index in [9.17, 15) is 4.79 Å². The fourth-order valence-electron chi connectivity index (χ4n) is 4.17. The lowest BCUT2D eigenvalue weighted by atomic mass is 9.95. The van der Waals surface area contributed by atoms with Crippen LogP contribution in [0.2, 0.25) is 0 Å². The first-order valence-electron chi connectivity index (χ1n) is 10.8. The maximum Gasteiger partial charge on any atom is 0.410 e. The van der Waals surface area contributed by atoms with E-state index in [1.807, 2.05) is 25.7 Å². The number of carbonyl (C=O) groups is 1. The van der Waals surface area contributed by atoms with Gasteiger partial charge in [-0.25, -0.2) is 4.79 Å². The van der Waals surface area contributed by atoms with Crippen LogP contribution in [0.4, 0.5) is 4.79 Å². The number of rotatable bonds is 5. The number of carbonyl (C=O) groups excluding carboxylic acids is 1. The summed E-state index contributed by atoms with van der Waals surface area (Å²) >= 11 is 0. The first-order chi connectivity index (χ1) is 13.2. The van der Waals surface area contributed by atoms with Crippen LogP contribution in [0.25, 0.3) is 0 Å². The molecule has 0 spiro atoms. The van der Waals surface area contributed by atoms with E-state index in [0.29, 0.717) is 6.04 Å². The van der Waals surface area contributed by atoms with Gasteiger partial charge in [-0.2, -0.15) is 0 Å². The number of hydrogen-bond acceptors (Lipinski definition) is 4. The van der Waals surface area contributed by atoms with Gasteiger partial charge < -0.3 is 15.4 Å². The zero-order valence-corrected chi connectivity index (χ0v) is 17.6. The molecule has 0 aromatic heterocycles. The van der Waals surface area contributed by atoms with E-state index in [1.54, 1.807) is 0 Å². The second kappa shape index (κ2) is 7.34. The van der Waals surface area contributed by atoms with Gasteiger partial charge >= 0.3 is 6.09 Å². The van der Waals surface area contributed by atoms with E-state index >= 15 is 0 Å². The number of nitrogens with zero attached hydrogens (tertiary/aromatic N) is 2. The fraction of sp³-hybridized carbons (Fsp3) is 0.696. The highest BCUT2D eigenvalue weighted by atomic mass is 16.6. The number of piperazine rings is 1. The summed E-state index contributed by atoms with van der Waals surface area (Å²) in [6.45, 7) is 9.04. The molecule has 1 heterocycles. The van der Waals surface area contributed by atoms with Crippen LogP contribution in [-0.2, 0) is 10.3 Å². The van der Waals surface area contributed by atoms with Crippen LogP contribution in [0, 0.1) is 5.92 Å². The second-order valence-electron chi connectivity index (χ2n) is 9.98. The lowest BCUT2D eigenvalue weighted by Gasteiger charge is -2.40. The second-order valence-corrected chi connectivity index (χ2v) is 9.98. The smallest absolute Gasteiger partial charge is 0.410 e. The Labute approximate surface area is 169 Å². The average molecular weight is 386 g/mol. The van der Waals surface area contributed by atoms with Crippen molar-refractivity contribution in [3.63, 3.8) is 0 Å². The van der Waals surface area contributed by atoms with Crippen LogP contribution >= 0.6 is 0 Å². The van der Waals surface area contributed by atoms with E-state index in [4.69, 9.17) is 10.5 Å². The summed E-state index contributed by atoms with van der Waals surface area (Å²) in [4.78, 5) is 16.8. The number of nitrogens with two attached hydrogens (primary N) is 1.